The molecule has 0 spiro atoms. The van der Waals surface area contributed by atoms with E-state index in [4.69, 9.17) is 0 Å². The van der Waals surface area contributed by atoms with Crippen LogP contribution in [0.2, 0.25) is 0 Å². The number of piperidine rings is 1. The molecule has 2 amide bonds. The Morgan fingerprint density at radius 3 is 2.29 bits per heavy atom. The quantitative estimate of drug-likeness (QED) is 0.674. The number of hydrogen-bond donors (Lipinski definition) is 2. The standard InChI is InChI=1S/C22H29N3O4S2/c1-22(2,3)21(27)24-17-9-7-8-16(14-17)23-19(26)15-18-10-11-20(30-18)31(28,29)25-12-5-4-6-13-25/h7-11,14H,4-6,12-13,15H2,1-3H3,(H,23,26)(H,24,27). The molecule has 2 aromatic rings. The molecular weight excluding hydrogens is 434 g/mol. The molecule has 0 saturated carbocycles. The van der Waals surface area contributed by atoms with Gasteiger partial charge in [0, 0.05) is 34.8 Å². The van der Waals surface area contributed by atoms with Crippen LogP contribution in [0.1, 0.15) is 44.9 Å². The van der Waals surface area contributed by atoms with Crippen LogP contribution in [-0.4, -0.2) is 37.6 Å². The zero-order chi connectivity index (χ0) is 22.6. The summed E-state index contributed by atoms with van der Waals surface area (Å²) < 4.78 is 27.4. The highest BCUT2D eigenvalue weighted by Crippen LogP contribution is 2.27. The molecule has 2 heterocycles. The van der Waals surface area contributed by atoms with Gasteiger partial charge >= 0.3 is 0 Å². The van der Waals surface area contributed by atoms with Gasteiger partial charge in [-0.25, -0.2) is 8.42 Å². The van der Waals surface area contributed by atoms with Crippen LogP contribution in [0.4, 0.5) is 11.4 Å². The van der Waals surface area contributed by atoms with Crippen LogP contribution in [-0.2, 0) is 26.0 Å². The third kappa shape index (κ3) is 6.15. The third-order valence-corrected chi connectivity index (χ3v) is 8.42. The highest BCUT2D eigenvalue weighted by molar-refractivity contribution is 7.91. The molecule has 1 aromatic carbocycles. The first-order valence-corrected chi connectivity index (χ1v) is 12.6. The van der Waals surface area contributed by atoms with Gasteiger partial charge in [-0.3, -0.25) is 9.59 Å². The number of rotatable bonds is 6. The second-order valence-electron chi connectivity index (χ2n) is 8.70. The predicted molar refractivity (Wildman–Crippen MR) is 124 cm³/mol. The maximum Gasteiger partial charge on any atom is 0.252 e. The summed E-state index contributed by atoms with van der Waals surface area (Å²) in [6.07, 6.45) is 2.91. The molecule has 168 valence electrons. The second-order valence-corrected chi connectivity index (χ2v) is 12.0. The number of hydrogen-bond acceptors (Lipinski definition) is 5. The van der Waals surface area contributed by atoms with Crippen LogP contribution in [0.3, 0.4) is 0 Å². The topological polar surface area (TPSA) is 95.6 Å². The number of carbonyl (C=O) groups excluding carboxylic acids is 2. The fraction of sp³-hybridized carbons (Fsp3) is 0.455. The molecule has 0 aliphatic carbocycles. The van der Waals surface area contributed by atoms with Crippen molar-refractivity contribution in [1.29, 1.82) is 0 Å². The maximum absolute atomic E-state index is 12.8. The van der Waals surface area contributed by atoms with Crippen molar-refractivity contribution in [3.05, 3.63) is 41.3 Å². The smallest absolute Gasteiger partial charge is 0.252 e. The molecule has 31 heavy (non-hydrogen) atoms. The fourth-order valence-electron chi connectivity index (χ4n) is 3.18. The first kappa shape index (κ1) is 23.4. The minimum Gasteiger partial charge on any atom is -0.326 e. The van der Waals surface area contributed by atoms with Crippen LogP contribution in [0.5, 0.6) is 0 Å². The lowest BCUT2D eigenvalue weighted by Crippen LogP contribution is -2.35. The SMILES string of the molecule is CC(C)(C)C(=O)Nc1cccc(NC(=O)Cc2ccc(S(=O)(=O)N3CCCCC3)s2)c1. The highest BCUT2D eigenvalue weighted by Gasteiger charge is 2.27. The minimum atomic E-state index is -3.49. The Morgan fingerprint density at radius 1 is 1.00 bits per heavy atom. The zero-order valence-corrected chi connectivity index (χ0v) is 19.7. The van der Waals surface area contributed by atoms with Crippen LogP contribution >= 0.6 is 11.3 Å². The number of nitrogens with one attached hydrogen (secondary N) is 2. The van der Waals surface area contributed by atoms with E-state index in [0.717, 1.165) is 30.6 Å². The molecule has 1 fully saturated rings. The van der Waals surface area contributed by atoms with Crippen molar-refractivity contribution in [2.24, 2.45) is 5.41 Å². The van der Waals surface area contributed by atoms with E-state index in [2.05, 4.69) is 10.6 Å². The van der Waals surface area contributed by atoms with E-state index in [1.54, 1.807) is 36.4 Å². The molecule has 7 nitrogen and oxygen atoms in total. The molecule has 0 atom stereocenters. The van der Waals surface area contributed by atoms with Crippen molar-refractivity contribution in [3.8, 4) is 0 Å². The van der Waals surface area contributed by atoms with Gasteiger partial charge in [0.15, 0.2) is 0 Å². The van der Waals surface area contributed by atoms with Gasteiger partial charge in [0.05, 0.1) is 6.42 Å². The minimum absolute atomic E-state index is 0.0821. The summed E-state index contributed by atoms with van der Waals surface area (Å²) in [5, 5.41) is 5.65. The number of sulfonamides is 1. The molecule has 1 saturated heterocycles. The van der Waals surface area contributed by atoms with Gasteiger partial charge in [-0.15, -0.1) is 11.3 Å². The number of nitrogens with zero attached hydrogens (tertiary/aromatic N) is 1. The molecule has 0 unspecified atom stereocenters. The molecule has 1 aromatic heterocycles. The highest BCUT2D eigenvalue weighted by atomic mass is 32.2. The van der Waals surface area contributed by atoms with Crippen LogP contribution in [0.15, 0.2) is 40.6 Å². The number of anilines is 2. The van der Waals surface area contributed by atoms with Gasteiger partial charge in [0.2, 0.25) is 11.8 Å². The Morgan fingerprint density at radius 2 is 1.65 bits per heavy atom. The van der Waals surface area contributed by atoms with E-state index in [9.17, 15) is 18.0 Å². The van der Waals surface area contributed by atoms with Crippen molar-refractivity contribution in [2.45, 2.75) is 50.7 Å². The lowest BCUT2D eigenvalue weighted by molar-refractivity contribution is -0.123. The van der Waals surface area contributed by atoms with Gasteiger partial charge < -0.3 is 10.6 Å². The molecule has 0 radical (unpaired) electrons. The Bertz CT molecular complexity index is 1050. The summed E-state index contributed by atoms with van der Waals surface area (Å²) in [6, 6.07) is 10.2. The van der Waals surface area contributed by atoms with Crippen LogP contribution in [0, 0.1) is 5.41 Å². The summed E-state index contributed by atoms with van der Waals surface area (Å²) in [5.41, 5.74) is 0.642. The Balaban J connectivity index is 1.62. The predicted octanol–water partition coefficient (Wildman–Crippen LogP) is 4.09. The monoisotopic (exact) mass is 463 g/mol. The van der Waals surface area contributed by atoms with Crippen molar-refractivity contribution < 1.29 is 18.0 Å². The average Bonchev–Trinajstić information content (AvgIpc) is 3.17. The van der Waals surface area contributed by atoms with Gasteiger partial charge in [-0.1, -0.05) is 33.3 Å². The molecule has 3 rings (SSSR count). The summed E-state index contributed by atoms with van der Waals surface area (Å²) in [7, 11) is -3.49. The van der Waals surface area contributed by atoms with Crippen LogP contribution < -0.4 is 10.6 Å². The number of carbonyl (C=O) groups is 2. The molecular formula is C22H29N3O4S2. The number of thiophene rings is 1. The summed E-state index contributed by atoms with van der Waals surface area (Å²) in [4.78, 5) is 25.3. The van der Waals surface area contributed by atoms with E-state index >= 15 is 0 Å². The van der Waals surface area contributed by atoms with Crippen molar-refractivity contribution in [1.82, 2.24) is 4.31 Å². The second kappa shape index (κ2) is 9.50. The molecule has 1 aliphatic heterocycles. The van der Waals surface area contributed by atoms with E-state index in [-0.39, 0.29) is 22.4 Å². The lowest BCUT2D eigenvalue weighted by Gasteiger charge is -2.25. The Labute approximate surface area is 187 Å². The van der Waals surface area contributed by atoms with E-state index in [1.807, 2.05) is 20.8 Å². The summed E-state index contributed by atoms with van der Waals surface area (Å²) in [5.74, 6) is -0.361. The Hall–Kier alpha value is -2.23. The molecule has 0 bridgehead atoms. The summed E-state index contributed by atoms with van der Waals surface area (Å²) in [6.45, 7) is 6.59. The van der Waals surface area contributed by atoms with E-state index in [0.29, 0.717) is 29.3 Å². The molecule has 2 N–H and O–H groups in total. The van der Waals surface area contributed by atoms with Crippen LogP contribution in [0.25, 0.3) is 0 Å². The largest absolute Gasteiger partial charge is 0.326 e. The van der Waals surface area contributed by atoms with Crippen molar-refractivity contribution in [3.63, 3.8) is 0 Å². The third-order valence-electron chi connectivity index (χ3n) is 4.97. The zero-order valence-electron chi connectivity index (χ0n) is 18.1. The van der Waals surface area contributed by atoms with Crippen molar-refractivity contribution >= 4 is 44.5 Å². The Kier molecular flexibility index (Phi) is 7.18. The van der Waals surface area contributed by atoms with E-state index in [1.165, 1.54) is 4.31 Å². The number of benzene rings is 1. The molecule has 1 aliphatic rings. The first-order valence-electron chi connectivity index (χ1n) is 10.4. The van der Waals surface area contributed by atoms with Gasteiger partial charge in [0.1, 0.15) is 4.21 Å². The molecule has 9 heteroatoms. The lowest BCUT2D eigenvalue weighted by atomic mass is 9.95. The summed E-state index contributed by atoms with van der Waals surface area (Å²) >= 11 is 1.14. The van der Waals surface area contributed by atoms with Crippen molar-refractivity contribution in [2.75, 3.05) is 23.7 Å². The normalized spacial score (nSPS) is 15.5. The van der Waals surface area contributed by atoms with Gasteiger partial charge in [-0.2, -0.15) is 4.31 Å². The van der Waals surface area contributed by atoms with Gasteiger partial charge in [-0.05, 0) is 43.2 Å². The van der Waals surface area contributed by atoms with E-state index < -0.39 is 15.4 Å². The van der Waals surface area contributed by atoms with Gasteiger partial charge in [0.25, 0.3) is 10.0 Å². The maximum atomic E-state index is 12.8. The average molecular weight is 464 g/mol. The number of amides is 2. The fourth-order valence-corrected chi connectivity index (χ4v) is 6.21. The first-order chi connectivity index (χ1) is 14.6.